The number of nitrogens with one attached hydrogen (secondary N) is 1. The van der Waals surface area contributed by atoms with Gasteiger partial charge in [-0.15, -0.1) is 0 Å². The van der Waals surface area contributed by atoms with Gasteiger partial charge in [-0.2, -0.15) is 18.4 Å². The molecule has 184 valence electrons. The summed E-state index contributed by atoms with van der Waals surface area (Å²) < 4.78 is 91.3. The second-order valence-electron chi connectivity index (χ2n) is 9.11. The van der Waals surface area contributed by atoms with E-state index in [4.69, 9.17) is 0 Å². The number of carbonyl (C=O) groups is 2. The van der Waals surface area contributed by atoms with Gasteiger partial charge in [0.25, 0.3) is 5.92 Å². The summed E-state index contributed by atoms with van der Waals surface area (Å²) in [6.45, 7) is -1.68. The normalized spacial score (nSPS) is 27.4. The molecule has 13 heteroatoms. The van der Waals surface area contributed by atoms with Crippen LogP contribution in [0.25, 0.3) is 0 Å². The molecule has 0 aromatic heterocycles. The lowest BCUT2D eigenvalue weighted by atomic mass is 9.92. The van der Waals surface area contributed by atoms with Gasteiger partial charge in [0.15, 0.2) is 9.84 Å². The maximum absolute atomic E-state index is 13.3. The van der Waals surface area contributed by atoms with Crippen molar-refractivity contribution in [2.24, 2.45) is 11.8 Å². The molecule has 1 aromatic carbocycles. The molecular formula is C21H20F5N3O4S. The van der Waals surface area contributed by atoms with Gasteiger partial charge in [0, 0.05) is 0 Å². The number of halogens is 5. The summed E-state index contributed by atoms with van der Waals surface area (Å²) in [4.78, 5) is 26.2. The number of alkyl halides is 5. The number of benzene rings is 1. The van der Waals surface area contributed by atoms with Gasteiger partial charge in [-0.3, -0.25) is 9.59 Å². The van der Waals surface area contributed by atoms with Crippen LogP contribution in [-0.4, -0.2) is 54.9 Å². The Morgan fingerprint density at radius 3 is 2.09 bits per heavy atom. The highest BCUT2D eigenvalue weighted by Crippen LogP contribution is 2.43. The number of amides is 2. The number of hydrogen-bond donors (Lipinski definition) is 1. The van der Waals surface area contributed by atoms with Crippen molar-refractivity contribution in [1.29, 1.82) is 5.26 Å². The smallest absolute Gasteiger partial charge is 0.338 e. The largest absolute Gasteiger partial charge is 0.416 e. The van der Waals surface area contributed by atoms with Gasteiger partial charge in [-0.1, -0.05) is 0 Å². The zero-order chi connectivity index (χ0) is 25.1. The van der Waals surface area contributed by atoms with Crippen molar-refractivity contribution >= 4 is 21.7 Å². The van der Waals surface area contributed by atoms with Gasteiger partial charge in [-0.25, -0.2) is 17.2 Å². The molecule has 2 aliphatic carbocycles. The first-order chi connectivity index (χ1) is 15.7. The molecule has 0 spiro atoms. The van der Waals surface area contributed by atoms with E-state index in [2.05, 4.69) is 5.32 Å². The summed E-state index contributed by atoms with van der Waals surface area (Å²) in [7, 11) is -4.24. The van der Waals surface area contributed by atoms with E-state index < -0.39 is 79.9 Å². The van der Waals surface area contributed by atoms with Gasteiger partial charge < -0.3 is 10.2 Å². The molecule has 2 saturated carbocycles. The van der Waals surface area contributed by atoms with E-state index >= 15 is 0 Å². The third-order valence-electron chi connectivity index (χ3n) is 6.60. The number of sulfone groups is 1. The lowest BCUT2D eigenvalue weighted by Crippen LogP contribution is -2.60. The van der Waals surface area contributed by atoms with E-state index in [1.807, 2.05) is 6.07 Å². The number of rotatable bonds is 5. The molecule has 1 saturated heterocycles. The average molecular weight is 505 g/mol. The van der Waals surface area contributed by atoms with Crippen LogP contribution >= 0.6 is 0 Å². The standard InChI is InChI=1S/C21H20F5N3O4S/c22-20(23)10-29(11-20)18(31)16-8-14(7-15(16)17(30)28-19(9-27)5-6-19)34(32,33)13-3-1-12(2-4-13)21(24,25)26/h1-4,14-16H,5-8,10-11H2,(H,28,30)/t14-,15-,16-/m1/s1. The molecule has 0 bridgehead atoms. The van der Waals surface area contributed by atoms with Crippen molar-refractivity contribution < 1.29 is 40.0 Å². The molecule has 1 N–H and O–H groups in total. The maximum atomic E-state index is 13.3. The summed E-state index contributed by atoms with van der Waals surface area (Å²) in [5.41, 5.74) is -2.12. The Bertz CT molecular complexity index is 1150. The summed E-state index contributed by atoms with van der Waals surface area (Å²) >= 11 is 0. The SMILES string of the molecule is N#CC1(NC(=O)[C@@H]2C[C@@H](S(=O)(=O)c3ccc(C(F)(F)F)cc3)C[C@H]2C(=O)N2CC(F)(F)C2)CC1. The van der Waals surface area contributed by atoms with Crippen molar-refractivity contribution in [3.05, 3.63) is 29.8 Å². The zero-order valence-corrected chi connectivity index (χ0v) is 18.4. The molecule has 1 aliphatic heterocycles. The van der Waals surface area contributed by atoms with Gasteiger partial charge in [0.2, 0.25) is 11.8 Å². The number of nitriles is 1. The summed E-state index contributed by atoms with van der Waals surface area (Å²) in [5.74, 6) is -6.94. The van der Waals surface area contributed by atoms with Crippen LogP contribution in [-0.2, 0) is 25.6 Å². The maximum Gasteiger partial charge on any atom is 0.416 e. The molecule has 4 rings (SSSR count). The highest BCUT2D eigenvalue weighted by atomic mass is 32.2. The molecular weight excluding hydrogens is 485 g/mol. The Balaban J connectivity index is 1.58. The van der Waals surface area contributed by atoms with Crippen LogP contribution in [0.3, 0.4) is 0 Å². The molecule has 34 heavy (non-hydrogen) atoms. The Morgan fingerprint density at radius 1 is 1.06 bits per heavy atom. The van der Waals surface area contributed by atoms with E-state index in [-0.39, 0.29) is 12.8 Å². The van der Waals surface area contributed by atoms with Crippen LogP contribution in [0.2, 0.25) is 0 Å². The van der Waals surface area contributed by atoms with Gasteiger partial charge >= 0.3 is 6.18 Å². The minimum Gasteiger partial charge on any atom is -0.338 e. The predicted octanol–water partition coefficient (Wildman–Crippen LogP) is 2.52. The monoisotopic (exact) mass is 505 g/mol. The number of nitrogens with zero attached hydrogens (tertiary/aromatic N) is 2. The lowest BCUT2D eigenvalue weighted by molar-refractivity contribution is -0.171. The van der Waals surface area contributed by atoms with E-state index in [1.165, 1.54) is 0 Å². The van der Waals surface area contributed by atoms with Crippen molar-refractivity contribution in [3.8, 4) is 6.07 Å². The van der Waals surface area contributed by atoms with Gasteiger partial charge in [-0.05, 0) is 49.9 Å². The molecule has 1 aromatic rings. The Morgan fingerprint density at radius 2 is 1.62 bits per heavy atom. The fraction of sp³-hybridized carbons (Fsp3) is 0.571. The number of likely N-dealkylation sites (tertiary alicyclic amines) is 1. The predicted molar refractivity (Wildman–Crippen MR) is 106 cm³/mol. The van der Waals surface area contributed by atoms with Crippen molar-refractivity contribution in [1.82, 2.24) is 10.2 Å². The van der Waals surface area contributed by atoms with E-state index in [0.29, 0.717) is 25.0 Å². The topological polar surface area (TPSA) is 107 Å². The van der Waals surface area contributed by atoms with Gasteiger partial charge in [0.05, 0.1) is 46.7 Å². The first-order valence-electron chi connectivity index (χ1n) is 10.5. The molecule has 0 unspecified atom stereocenters. The zero-order valence-electron chi connectivity index (χ0n) is 17.6. The van der Waals surface area contributed by atoms with Crippen molar-refractivity contribution in [2.75, 3.05) is 13.1 Å². The molecule has 1 heterocycles. The van der Waals surface area contributed by atoms with Crippen LogP contribution in [0, 0.1) is 23.2 Å². The number of carbonyl (C=O) groups excluding carboxylic acids is 2. The Hall–Kier alpha value is -2.75. The third-order valence-corrected chi connectivity index (χ3v) is 8.80. The first kappa shape index (κ1) is 24.4. The minimum absolute atomic E-state index is 0.322. The van der Waals surface area contributed by atoms with E-state index in [0.717, 1.165) is 17.0 Å². The fourth-order valence-electron chi connectivity index (χ4n) is 4.45. The molecule has 3 fully saturated rings. The molecule has 0 radical (unpaired) electrons. The third kappa shape index (κ3) is 4.47. The fourth-order valence-corrected chi connectivity index (χ4v) is 6.28. The van der Waals surface area contributed by atoms with E-state index in [9.17, 15) is 45.2 Å². The summed E-state index contributed by atoms with van der Waals surface area (Å²) in [6.07, 6.45) is -4.53. The Kier molecular flexibility index (Phi) is 5.66. The average Bonchev–Trinajstić information content (AvgIpc) is 3.36. The van der Waals surface area contributed by atoms with Crippen LogP contribution < -0.4 is 5.32 Å². The van der Waals surface area contributed by atoms with Crippen LogP contribution in [0.4, 0.5) is 22.0 Å². The highest BCUT2D eigenvalue weighted by Gasteiger charge is 2.55. The van der Waals surface area contributed by atoms with Crippen LogP contribution in [0.1, 0.15) is 31.2 Å². The van der Waals surface area contributed by atoms with Crippen molar-refractivity contribution in [2.45, 2.75) is 53.5 Å². The molecule has 3 atom stereocenters. The highest BCUT2D eigenvalue weighted by molar-refractivity contribution is 7.92. The number of hydrogen-bond acceptors (Lipinski definition) is 5. The second-order valence-corrected chi connectivity index (χ2v) is 11.3. The van der Waals surface area contributed by atoms with Gasteiger partial charge in [0.1, 0.15) is 5.54 Å². The molecule has 3 aliphatic rings. The molecule has 7 nitrogen and oxygen atoms in total. The van der Waals surface area contributed by atoms with Crippen LogP contribution in [0.15, 0.2) is 29.2 Å². The van der Waals surface area contributed by atoms with Crippen LogP contribution in [0.5, 0.6) is 0 Å². The Labute approximate surface area is 191 Å². The summed E-state index contributed by atoms with van der Waals surface area (Å²) in [6, 6.07) is 4.83. The minimum atomic E-state index is -4.66. The lowest BCUT2D eigenvalue weighted by Gasteiger charge is -2.40. The van der Waals surface area contributed by atoms with Crippen molar-refractivity contribution in [3.63, 3.8) is 0 Å². The van der Waals surface area contributed by atoms with E-state index in [1.54, 1.807) is 0 Å². The quantitative estimate of drug-likeness (QED) is 0.619. The first-order valence-corrected chi connectivity index (χ1v) is 12.0. The second kappa shape index (κ2) is 7.90. The molecule has 2 amide bonds. The summed E-state index contributed by atoms with van der Waals surface area (Å²) in [5, 5.41) is 10.5.